The predicted octanol–water partition coefficient (Wildman–Crippen LogP) is 2.48. The van der Waals surface area contributed by atoms with Gasteiger partial charge in [0.15, 0.2) is 0 Å². The minimum Gasteiger partial charge on any atom is -0.497 e. The molecule has 3 nitrogen and oxygen atoms in total. The molecule has 3 heteroatoms. The Kier molecular flexibility index (Phi) is 4.40. The molecule has 0 bridgehead atoms. The van der Waals surface area contributed by atoms with Crippen molar-refractivity contribution in [2.24, 2.45) is 5.73 Å². The molecule has 0 saturated heterocycles. The van der Waals surface area contributed by atoms with Crippen LogP contribution in [0.2, 0.25) is 0 Å². The van der Waals surface area contributed by atoms with Gasteiger partial charge >= 0.3 is 0 Å². The van der Waals surface area contributed by atoms with E-state index in [2.05, 4.69) is 6.07 Å². The highest BCUT2D eigenvalue weighted by Crippen LogP contribution is 2.21. The van der Waals surface area contributed by atoms with Crippen molar-refractivity contribution >= 4 is 0 Å². The maximum atomic E-state index is 6.05. The van der Waals surface area contributed by atoms with Gasteiger partial charge in [0, 0.05) is 6.04 Å². The van der Waals surface area contributed by atoms with Crippen LogP contribution >= 0.6 is 0 Å². The lowest BCUT2D eigenvalue weighted by Gasteiger charge is -2.28. The first kappa shape index (κ1) is 12.4. The topological polar surface area (TPSA) is 44.5 Å². The summed E-state index contributed by atoms with van der Waals surface area (Å²) in [5, 5.41) is 0. The van der Waals surface area contributed by atoms with Crippen molar-refractivity contribution in [1.82, 2.24) is 0 Å². The van der Waals surface area contributed by atoms with Crippen LogP contribution in [0.15, 0.2) is 24.3 Å². The number of methoxy groups -OCH3 is 1. The van der Waals surface area contributed by atoms with Crippen molar-refractivity contribution in [1.29, 1.82) is 0 Å². The third-order valence-electron chi connectivity index (χ3n) is 3.35. The Morgan fingerprint density at radius 2 is 2.12 bits per heavy atom. The van der Waals surface area contributed by atoms with E-state index in [1.807, 2.05) is 18.2 Å². The SMILES string of the molecule is COc1cccc(CO[C@H]2CCCC[C@@H]2N)c1. The second-order valence-electron chi connectivity index (χ2n) is 4.65. The first-order valence-electron chi connectivity index (χ1n) is 6.29. The molecule has 1 fully saturated rings. The molecule has 1 aliphatic carbocycles. The molecule has 2 N–H and O–H groups in total. The van der Waals surface area contributed by atoms with E-state index in [0.29, 0.717) is 6.61 Å². The predicted molar refractivity (Wildman–Crippen MR) is 68.0 cm³/mol. The standard InChI is InChI=1S/C14H21NO2/c1-16-12-6-4-5-11(9-12)10-17-14-8-3-2-7-13(14)15/h4-6,9,13-14H,2-3,7-8,10,15H2,1H3/t13-,14-/m0/s1. The normalized spacial score (nSPS) is 24.6. The molecular formula is C14H21NO2. The molecule has 2 atom stereocenters. The lowest BCUT2D eigenvalue weighted by molar-refractivity contribution is 0.00398. The van der Waals surface area contributed by atoms with Gasteiger partial charge in [0.1, 0.15) is 5.75 Å². The summed E-state index contributed by atoms with van der Waals surface area (Å²) in [7, 11) is 1.68. The molecule has 0 unspecified atom stereocenters. The maximum absolute atomic E-state index is 6.05. The molecule has 1 saturated carbocycles. The van der Waals surface area contributed by atoms with E-state index in [-0.39, 0.29) is 12.1 Å². The van der Waals surface area contributed by atoms with Gasteiger partial charge < -0.3 is 15.2 Å². The van der Waals surface area contributed by atoms with Crippen LogP contribution in [0.1, 0.15) is 31.2 Å². The minimum atomic E-state index is 0.203. The molecule has 0 aromatic heterocycles. The molecule has 2 rings (SSSR count). The van der Waals surface area contributed by atoms with Crippen LogP contribution in [-0.4, -0.2) is 19.3 Å². The van der Waals surface area contributed by atoms with Gasteiger partial charge in [0.05, 0.1) is 19.8 Å². The average Bonchev–Trinajstić information content (AvgIpc) is 2.38. The summed E-state index contributed by atoms with van der Waals surface area (Å²) < 4.78 is 11.1. The quantitative estimate of drug-likeness (QED) is 0.872. The highest BCUT2D eigenvalue weighted by molar-refractivity contribution is 5.27. The molecular weight excluding hydrogens is 214 g/mol. The first-order chi connectivity index (χ1) is 8.29. The summed E-state index contributed by atoms with van der Waals surface area (Å²) in [6.45, 7) is 0.621. The van der Waals surface area contributed by atoms with Crippen molar-refractivity contribution in [3.05, 3.63) is 29.8 Å². The van der Waals surface area contributed by atoms with E-state index < -0.39 is 0 Å². The molecule has 0 heterocycles. The molecule has 17 heavy (non-hydrogen) atoms. The Morgan fingerprint density at radius 3 is 2.88 bits per heavy atom. The van der Waals surface area contributed by atoms with Gasteiger partial charge in [-0.05, 0) is 30.5 Å². The maximum Gasteiger partial charge on any atom is 0.119 e. The molecule has 94 valence electrons. The van der Waals surface area contributed by atoms with Gasteiger partial charge in [-0.25, -0.2) is 0 Å². The third-order valence-corrected chi connectivity index (χ3v) is 3.35. The van der Waals surface area contributed by atoms with E-state index in [1.54, 1.807) is 7.11 Å². The van der Waals surface area contributed by atoms with Crippen LogP contribution in [-0.2, 0) is 11.3 Å². The number of rotatable bonds is 4. The molecule has 1 aromatic carbocycles. The summed E-state index contributed by atoms with van der Waals surface area (Å²) >= 11 is 0. The monoisotopic (exact) mass is 235 g/mol. The summed E-state index contributed by atoms with van der Waals surface area (Å²) in [6.07, 6.45) is 4.86. The summed E-state index contributed by atoms with van der Waals surface area (Å²) in [5.41, 5.74) is 7.19. The van der Waals surface area contributed by atoms with Crippen molar-refractivity contribution in [3.8, 4) is 5.75 Å². The van der Waals surface area contributed by atoms with Crippen LogP contribution < -0.4 is 10.5 Å². The number of hydrogen-bond donors (Lipinski definition) is 1. The Labute approximate surface area is 103 Å². The molecule has 0 aliphatic heterocycles. The van der Waals surface area contributed by atoms with Gasteiger partial charge in [-0.2, -0.15) is 0 Å². The second-order valence-corrected chi connectivity index (χ2v) is 4.65. The van der Waals surface area contributed by atoms with E-state index in [0.717, 1.165) is 24.2 Å². The van der Waals surface area contributed by atoms with Gasteiger partial charge in [-0.3, -0.25) is 0 Å². The molecule has 0 amide bonds. The average molecular weight is 235 g/mol. The highest BCUT2D eigenvalue weighted by atomic mass is 16.5. The van der Waals surface area contributed by atoms with Crippen molar-refractivity contribution in [2.75, 3.05) is 7.11 Å². The molecule has 1 aliphatic rings. The zero-order valence-electron chi connectivity index (χ0n) is 10.4. The van der Waals surface area contributed by atoms with Crippen LogP contribution in [0.25, 0.3) is 0 Å². The van der Waals surface area contributed by atoms with Crippen molar-refractivity contribution in [3.63, 3.8) is 0 Å². The number of ether oxygens (including phenoxy) is 2. The fourth-order valence-electron chi connectivity index (χ4n) is 2.30. The Bertz CT molecular complexity index is 354. The van der Waals surface area contributed by atoms with Crippen LogP contribution in [0.5, 0.6) is 5.75 Å². The number of benzene rings is 1. The Hall–Kier alpha value is -1.06. The highest BCUT2D eigenvalue weighted by Gasteiger charge is 2.22. The second kappa shape index (κ2) is 6.03. The number of hydrogen-bond acceptors (Lipinski definition) is 3. The van der Waals surface area contributed by atoms with E-state index >= 15 is 0 Å². The van der Waals surface area contributed by atoms with Crippen LogP contribution in [0, 0.1) is 0 Å². The largest absolute Gasteiger partial charge is 0.497 e. The summed E-state index contributed by atoms with van der Waals surface area (Å²) in [4.78, 5) is 0. The summed E-state index contributed by atoms with van der Waals surface area (Å²) in [6, 6.07) is 8.19. The van der Waals surface area contributed by atoms with Crippen LogP contribution in [0.4, 0.5) is 0 Å². The molecule has 0 spiro atoms. The van der Waals surface area contributed by atoms with Gasteiger partial charge in [0.25, 0.3) is 0 Å². The summed E-state index contributed by atoms with van der Waals surface area (Å²) in [5.74, 6) is 0.874. The number of nitrogens with two attached hydrogens (primary N) is 1. The van der Waals surface area contributed by atoms with Crippen molar-refractivity contribution in [2.45, 2.75) is 44.4 Å². The lowest BCUT2D eigenvalue weighted by atomic mass is 9.93. The van der Waals surface area contributed by atoms with E-state index in [9.17, 15) is 0 Å². The fourth-order valence-corrected chi connectivity index (χ4v) is 2.30. The fraction of sp³-hybridized carbons (Fsp3) is 0.571. The van der Waals surface area contributed by atoms with Gasteiger partial charge in [0.2, 0.25) is 0 Å². The van der Waals surface area contributed by atoms with Gasteiger partial charge in [-0.1, -0.05) is 25.0 Å². The Morgan fingerprint density at radius 1 is 1.29 bits per heavy atom. The van der Waals surface area contributed by atoms with Crippen molar-refractivity contribution < 1.29 is 9.47 Å². The molecule has 1 aromatic rings. The zero-order chi connectivity index (χ0) is 12.1. The van der Waals surface area contributed by atoms with E-state index in [4.69, 9.17) is 15.2 Å². The van der Waals surface area contributed by atoms with Gasteiger partial charge in [-0.15, -0.1) is 0 Å². The molecule has 0 radical (unpaired) electrons. The minimum absolute atomic E-state index is 0.203. The third kappa shape index (κ3) is 3.45. The van der Waals surface area contributed by atoms with Crippen LogP contribution in [0.3, 0.4) is 0 Å². The first-order valence-corrected chi connectivity index (χ1v) is 6.29. The Balaban J connectivity index is 1.88. The smallest absolute Gasteiger partial charge is 0.119 e. The lowest BCUT2D eigenvalue weighted by Crippen LogP contribution is -2.39. The van der Waals surface area contributed by atoms with E-state index in [1.165, 1.54) is 12.8 Å². The zero-order valence-corrected chi connectivity index (χ0v) is 10.4.